The molecule has 0 spiro atoms. The van der Waals surface area contributed by atoms with Crippen molar-refractivity contribution < 1.29 is 9.84 Å². The van der Waals surface area contributed by atoms with Gasteiger partial charge in [-0.2, -0.15) is 0 Å². The molecule has 0 atom stereocenters. The lowest BCUT2D eigenvalue weighted by Gasteiger charge is -2.43. The number of anilines is 1. The van der Waals surface area contributed by atoms with E-state index < -0.39 is 0 Å². The number of hydrogen-bond acceptors (Lipinski definition) is 3. The summed E-state index contributed by atoms with van der Waals surface area (Å²) in [4.78, 5) is 2.23. The van der Waals surface area contributed by atoms with E-state index in [1.165, 1.54) is 12.1 Å². The van der Waals surface area contributed by atoms with Crippen molar-refractivity contribution in [1.29, 1.82) is 0 Å². The maximum absolute atomic E-state index is 9.53. The molecule has 0 aromatic heterocycles. The van der Waals surface area contributed by atoms with Crippen molar-refractivity contribution in [3.8, 4) is 5.75 Å². The van der Waals surface area contributed by atoms with Crippen LogP contribution in [-0.2, 0) is 0 Å². The second kappa shape index (κ2) is 5.83. The third-order valence-corrected chi connectivity index (χ3v) is 3.97. The van der Waals surface area contributed by atoms with Gasteiger partial charge in [-0.15, -0.1) is 0 Å². The van der Waals surface area contributed by atoms with Crippen LogP contribution >= 0.6 is 0 Å². The van der Waals surface area contributed by atoms with E-state index in [0.717, 1.165) is 25.1 Å². The first kappa shape index (κ1) is 14.2. The summed E-state index contributed by atoms with van der Waals surface area (Å²) in [5.41, 5.74) is 1.30. The van der Waals surface area contributed by atoms with Crippen LogP contribution < -0.4 is 9.64 Å². The van der Waals surface area contributed by atoms with Gasteiger partial charge in [-0.3, -0.25) is 0 Å². The fourth-order valence-electron chi connectivity index (χ4n) is 2.69. The molecule has 1 aromatic carbocycles. The zero-order valence-electron chi connectivity index (χ0n) is 12.2. The Morgan fingerprint density at radius 2 is 1.89 bits per heavy atom. The van der Waals surface area contributed by atoms with E-state index in [0.29, 0.717) is 6.61 Å². The Bertz CT molecular complexity index is 390. The van der Waals surface area contributed by atoms with Crippen LogP contribution in [0.15, 0.2) is 24.3 Å². The van der Waals surface area contributed by atoms with Gasteiger partial charge in [0, 0.05) is 24.7 Å². The average molecular weight is 263 g/mol. The fraction of sp³-hybridized carbons (Fsp3) is 0.625. The molecule has 106 valence electrons. The molecule has 3 heteroatoms. The summed E-state index contributed by atoms with van der Waals surface area (Å²) < 4.78 is 5.64. The van der Waals surface area contributed by atoms with Crippen molar-refractivity contribution in [2.45, 2.75) is 39.2 Å². The van der Waals surface area contributed by atoms with E-state index in [1.54, 1.807) is 0 Å². The van der Waals surface area contributed by atoms with E-state index in [2.05, 4.69) is 24.1 Å². The molecule has 0 heterocycles. The lowest BCUT2D eigenvalue weighted by Crippen LogP contribution is -2.43. The predicted molar refractivity (Wildman–Crippen MR) is 78.8 cm³/mol. The van der Waals surface area contributed by atoms with Crippen LogP contribution in [0.1, 0.15) is 33.1 Å². The van der Waals surface area contributed by atoms with Gasteiger partial charge >= 0.3 is 0 Å². The Morgan fingerprint density at radius 1 is 1.26 bits per heavy atom. The van der Waals surface area contributed by atoms with Crippen LogP contribution in [0, 0.1) is 5.41 Å². The number of aliphatic hydroxyl groups excluding tert-OH is 1. The highest BCUT2D eigenvalue weighted by Crippen LogP contribution is 2.41. The summed E-state index contributed by atoms with van der Waals surface area (Å²) in [6, 6.07) is 8.19. The van der Waals surface area contributed by atoms with Crippen molar-refractivity contribution in [3.63, 3.8) is 0 Å². The van der Waals surface area contributed by atoms with Gasteiger partial charge in [-0.05, 0) is 51.0 Å². The molecule has 2 rings (SSSR count). The first-order chi connectivity index (χ1) is 9.04. The van der Waals surface area contributed by atoms with Crippen LogP contribution in [-0.4, -0.2) is 31.4 Å². The highest BCUT2D eigenvalue weighted by molar-refractivity contribution is 5.48. The molecular weight excluding hydrogens is 238 g/mol. The molecule has 0 amide bonds. The van der Waals surface area contributed by atoms with Gasteiger partial charge in [-0.1, -0.05) is 6.42 Å². The number of aliphatic hydroxyl groups is 1. The van der Waals surface area contributed by atoms with Gasteiger partial charge in [0.05, 0.1) is 12.7 Å². The number of benzene rings is 1. The van der Waals surface area contributed by atoms with Gasteiger partial charge < -0.3 is 14.7 Å². The largest absolute Gasteiger partial charge is 0.491 e. The van der Waals surface area contributed by atoms with Crippen molar-refractivity contribution >= 4 is 5.69 Å². The second-order valence-electron chi connectivity index (χ2n) is 6.03. The molecule has 1 saturated carbocycles. The van der Waals surface area contributed by atoms with Crippen molar-refractivity contribution in [2.24, 2.45) is 5.41 Å². The first-order valence-corrected chi connectivity index (χ1v) is 7.13. The summed E-state index contributed by atoms with van der Waals surface area (Å²) in [6.07, 6.45) is 3.73. The van der Waals surface area contributed by atoms with Crippen LogP contribution in [0.5, 0.6) is 5.75 Å². The summed E-state index contributed by atoms with van der Waals surface area (Å²) in [5.74, 6) is 0.910. The molecule has 1 fully saturated rings. The Kier molecular flexibility index (Phi) is 4.35. The standard InChI is InChI=1S/C16H25NO2/c1-13(2)19-15-7-5-14(6-8-15)17(3)11-16(12-18)9-4-10-16/h5-8,13,18H,4,9-12H2,1-3H3. The molecule has 19 heavy (non-hydrogen) atoms. The number of hydrogen-bond donors (Lipinski definition) is 1. The van der Waals surface area contributed by atoms with Gasteiger partial charge in [0.2, 0.25) is 0 Å². The van der Waals surface area contributed by atoms with E-state index in [-0.39, 0.29) is 11.5 Å². The van der Waals surface area contributed by atoms with Crippen LogP contribution in [0.2, 0.25) is 0 Å². The van der Waals surface area contributed by atoms with E-state index in [9.17, 15) is 5.11 Å². The molecule has 1 aliphatic carbocycles. The highest BCUT2D eigenvalue weighted by atomic mass is 16.5. The lowest BCUT2D eigenvalue weighted by atomic mass is 9.69. The number of rotatable bonds is 6. The Balaban J connectivity index is 1.97. The molecule has 1 aromatic rings. The summed E-state index contributed by atoms with van der Waals surface area (Å²) in [7, 11) is 2.09. The van der Waals surface area contributed by atoms with Gasteiger partial charge in [-0.25, -0.2) is 0 Å². The highest BCUT2D eigenvalue weighted by Gasteiger charge is 2.37. The number of ether oxygens (including phenoxy) is 1. The Labute approximate surface area is 116 Å². The van der Waals surface area contributed by atoms with Crippen LogP contribution in [0.25, 0.3) is 0 Å². The average Bonchev–Trinajstić information content (AvgIpc) is 2.34. The van der Waals surface area contributed by atoms with Gasteiger partial charge in [0.1, 0.15) is 5.75 Å². The number of nitrogens with zero attached hydrogens (tertiary/aromatic N) is 1. The first-order valence-electron chi connectivity index (χ1n) is 7.13. The molecule has 0 bridgehead atoms. The SMILES string of the molecule is CC(C)Oc1ccc(N(C)CC2(CO)CCC2)cc1. The second-order valence-corrected chi connectivity index (χ2v) is 6.03. The minimum atomic E-state index is 0.127. The minimum Gasteiger partial charge on any atom is -0.491 e. The fourth-order valence-corrected chi connectivity index (χ4v) is 2.69. The lowest BCUT2D eigenvalue weighted by molar-refractivity contribution is 0.0524. The van der Waals surface area contributed by atoms with E-state index >= 15 is 0 Å². The predicted octanol–water partition coefficient (Wildman–Crippen LogP) is 3.07. The van der Waals surface area contributed by atoms with Crippen molar-refractivity contribution in [1.82, 2.24) is 0 Å². The zero-order chi connectivity index (χ0) is 13.9. The molecule has 3 nitrogen and oxygen atoms in total. The van der Waals surface area contributed by atoms with E-state index in [4.69, 9.17) is 4.74 Å². The monoisotopic (exact) mass is 263 g/mol. The maximum atomic E-state index is 9.53. The van der Waals surface area contributed by atoms with Gasteiger partial charge in [0.15, 0.2) is 0 Å². The molecule has 1 N–H and O–H groups in total. The van der Waals surface area contributed by atoms with Crippen molar-refractivity contribution in [3.05, 3.63) is 24.3 Å². The molecular formula is C16H25NO2. The molecule has 0 radical (unpaired) electrons. The Morgan fingerprint density at radius 3 is 2.32 bits per heavy atom. The third kappa shape index (κ3) is 3.41. The summed E-state index contributed by atoms with van der Waals surface area (Å²) in [6.45, 7) is 5.28. The topological polar surface area (TPSA) is 32.7 Å². The molecule has 1 aliphatic rings. The zero-order valence-corrected chi connectivity index (χ0v) is 12.2. The van der Waals surface area contributed by atoms with E-state index in [1.807, 2.05) is 26.0 Å². The maximum Gasteiger partial charge on any atom is 0.119 e. The van der Waals surface area contributed by atoms with Crippen LogP contribution in [0.4, 0.5) is 5.69 Å². The molecule has 0 aliphatic heterocycles. The third-order valence-electron chi connectivity index (χ3n) is 3.97. The normalized spacial score (nSPS) is 17.1. The van der Waals surface area contributed by atoms with Crippen LogP contribution in [0.3, 0.4) is 0 Å². The molecule has 0 saturated heterocycles. The minimum absolute atomic E-state index is 0.127. The summed E-state index contributed by atoms with van der Waals surface area (Å²) >= 11 is 0. The van der Waals surface area contributed by atoms with Gasteiger partial charge in [0.25, 0.3) is 0 Å². The summed E-state index contributed by atoms with van der Waals surface area (Å²) in [5, 5.41) is 9.53. The Hall–Kier alpha value is -1.22. The van der Waals surface area contributed by atoms with Crippen molar-refractivity contribution in [2.75, 3.05) is 25.1 Å². The quantitative estimate of drug-likeness (QED) is 0.856. The molecule has 0 unspecified atom stereocenters. The smallest absolute Gasteiger partial charge is 0.119 e.